The second kappa shape index (κ2) is 25.3. The Morgan fingerprint density at radius 3 is 1.66 bits per heavy atom. The molecule has 3 rings (SSSR count). The van der Waals surface area contributed by atoms with Crippen molar-refractivity contribution >= 4 is 70.6 Å². The van der Waals surface area contributed by atoms with Crippen LogP contribution in [0.2, 0.25) is 0 Å². The molecule has 2 aliphatic heterocycles. The number of nitrogens with zero attached hydrogens (tertiary/aromatic N) is 2. The molecule has 4 atom stereocenters. The molecule has 12 nitrogen and oxygen atoms in total. The van der Waals surface area contributed by atoms with E-state index in [1.165, 1.54) is 41.5 Å². The summed E-state index contributed by atoms with van der Waals surface area (Å²) in [7, 11) is 0. The number of carbonyl (C=O) groups is 7. The highest BCUT2D eigenvalue weighted by atomic mass is 32.2. The Hall–Kier alpha value is -3.39. The molecular weight excluding hydrogens is 775 g/mol. The van der Waals surface area contributed by atoms with Crippen molar-refractivity contribution in [2.75, 3.05) is 18.4 Å². The number of rotatable bonds is 22. The molecule has 2 heterocycles. The van der Waals surface area contributed by atoms with E-state index in [2.05, 4.69) is 57.5 Å². The number of benzene rings is 1. The zero-order valence-electron chi connectivity index (χ0n) is 36.9. The first-order chi connectivity index (χ1) is 27.2. The van der Waals surface area contributed by atoms with Crippen molar-refractivity contribution in [1.29, 1.82) is 0 Å². The topological polar surface area (TPSA) is 162 Å². The zero-order valence-corrected chi connectivity index (χ0v) is 38.5. The highest BCUT2D eigenvalue weighted by molar-refractivity contribution is 8.01. The smallest absolute Gasteiger partial charge is 0.246 e. The summed E-state index contributed by atoms with van der Waals surface area (Å²) in [6.45, 7) is 22.6. The van der Waals surface area contributed by atoms with Gasteiger partial charge in [0.25, 0.3) is 0 Å². The van der Waals surface area contributed by atoms with Crippen LogP contribution in [0.3, 0.4) is 0 Å². The summed E-state index contributed by atoms with van der Waals surface area (Å²) in [6.07, 6.45) is 7.19. The molecule has 0 aliphatic carbocycles. The molecule has 1 aromatic carbocycles. The van der Waals surface area contributed by atoms with E-state index in [0.29, 0.717) is 29.8 Å². The summed E-state index contributed by atoms with van der Waals surface area (Å²) in [5.41, 5.74) is 1.82. The number of thioether (sulfide) groups is 2. The molecule has 14 heteroatoms. The minimum atomic E-state index is -0.873. The number of imide groups is 2. The first kappa shape index (κ1) is 50.8. The number of unbranched alkanes of at least 4 members (excludes halogenated alkanes) is 3. The van der Waals surface area contributed by atoms with Crippen LogP contribution in [0.5, 0.6) is 0 Å². The quantitative estimate of drug-likeness (QED) is 0.0826. The van der Waals surface area contributed by atoms with Gasteiger partial charge in [-0.1, -0.05) is 107 Å². The molecule has 2 fully saturated rings. The van der Waals surface area contributed by atoms with Gasteiger partial charge in [0.2, 0.25) is 41.4 Å². The maximum Gasteiger partial charge on any atom is 0.246 e. The summed E-state index contributed by atoms with van der Waals surface area (Å²) < 4.78 is 0. The molecule has 0 saturated carbocycles. The van der Waals surface area contributed by atoms with Crippen molar-refractivity contribution in [1.82, 2.24) is 20.4 Å². The fraction of sp³-hybridized carbons (Fsp3) is 0.705. The first-order valence-corrected chi connectivity index (χ1v) is 23.1. The highest BCUT2D eigenvalue weighted by Crippen LogP contribution is 2.29. The number of hydrogen-bond acceptors (Lipinski definition) is 9. The molecule has 3 N–H and O–H groups in total. The van der Waals surface area contributed by atoms with Gasteiger partial charge in [-0.3, -0.25) is 43.4 Å². The van der Waals surface area contributed by atoms with Crippen LogP contribution in [0.4, 0.5) is 5.69 Å². The van der Waals surface area contributed by atoms with Crippen LogP contribution in [0.15, 0.2) is 24.3 Å². The van der Waals surface area contributed by atoms with Crippen molar-refractivity contribution in [2.24, 2.45) is 17.8 Å². The molecule has 0 spiro atoms. The van der Waals surface area contributed by atoms with Crippen LogP contribution in [-0.2, 0) is 40.0 Å². The van der Waals surface area contributed by atoms with E-state index in [1.54, 1.807) is 32.5 Å². The number of hydrogen-bond donors (Lipinski definition) is 3. The zero-order chi connectivity index (χ0) is 43.7. The van der Waals surface area contributed by atoms with Crippen molar-refractivity contribution < 1.29 is 33.6 Å². The largest absolute Gasteiger partial charge is 0.344 e. The molecule has 0 radical (unpaired) electrons. The van der Waals surface area contributed by atoms with E-state index in [4.69, 9.17) is 0 Å². The summed E-state index contributed by atoms with van der Waals surface area (Å²) in [6, 6.07) is 5.90. The lowest BCUT2D eigenvalue weighted by atomic mass is 10.0. The third-order valence-corrected chi connectivity index (χ3v) is 12.1. The van der Waals surface area contributed by atoms with Crippen LogP contribution < -0.4 is 16.0 Å². The molecule has 3 unspecified atom stereocenters. The number of carbonyl (C=O) groups excluding carboxylic acids is 7. The summed E-state index contributed by atoms with van der Waals surface area (Å²) in [5.74, 6) is -0.734. The molecule has 0 bridgehead atoms. The van der Waals surface area contributed by atoms with Gasteiger partial charge in [-0.2, -0.15) is 0 Å². The summed E-state index contributed by atoms with van der Waals surface area (Å²) in [4.78, 5) is 89.6. The van der Waals surface area contributed by atoms with E-state index in [0.717, 1.165) is 30.1 Å². The molecular formula is C44H71N5O7S2. The molecule has 58 heavy (non-hydrogen) atoms. The lowest BCUT2D eigenvalue weighted by Gasteiger charge is -2.24. The molecule has 326 valence electrons. The van der Waals surface area contributed by atoms with Gasteiger partial charge < -0.3 is 16.0 Å². The van der Waals surface area contributed by atoms with Crippen molar-refractivity contribution in [2.45, 2.75) is 167 Å². The van der Waals surface area contributed by atoms with Crippen LogP contribution in [0.1, 0.15) is 133 Å². The first-order valence-electron chi connectivity index (χ1n) is 21.2. The Balaban J connectivity index is 0.000000487. The minimum Gasteiger partial charge on any atom is -0.344 e. The predicted molar refractivity (Wildman–Crippen MR) is 236 cm³/mol. The third kappa shape index (κ3) is 17.8. The van der Waals surface area contributed by atoms with Crippen molar-refractivity contribution in [3.8, 4) is 0 Å². The number of amides is 7. The second-order valence-corrected chi connectivity index (χ2v) is 20.7. The third-order valence-electron chi connectivity index (χ3n) is 9.64. The lowest BCUT2D eigenvalue weighted by Crippen LogP contribution is -2.54. The standard InChI is InChI=1S/C28H42N4O5S.C16H29NO2S/c1-16(2)14-20-8-10-21(11-9-20)30-26(35)19(7)29-27(36)25(17(3)4)31-23(33)12-13-32-24(34)15-22(28(32)37)38-18(5)6;1-12(2)9-7-5-6-8-10-17-15(18)11-14(16(17)19)20-13(3)4/h8-11,16-19,22,25H,12-15H2,1-7H3,(H,29,36)(H,30,35)(H,31,33);12-14H,5-11H2,1-4H3/t19-,22?,25?;/m0./s1. The highest BCUT2D eigenvalue weighted by Gasteiger charge is 2.40. The maximum atomic E-state index is 12.9. The predicted octanol–water partition coefficient (Wildman–Crippen LogP) is 6.99. The maximum absolute atomic E-state index is 12.9. The molecule has 0 aromatic heterocycles. The average molecular weight is 846 g/mol. The summed E-state index contributed by atoms with van der Waals surface area (Å²) in [5, 5.41) is 8.23. The van der Waals surface area contributed by atoms with Gasteiger partial charge in [0, 0.05) is 38.0 Å². The van der Waals surface area contributed by atoms with Crippen LogP contribution in [0, 0.1) is 17.8 Å². The fourth-order valence-corrected chi connectivity index (χ4v) is 8.91. The van der Waals surface area contributed by atoms with Crippen molar-refractivity contribution in [3.05, 3.63) is 29.8 Å². The van der Waals surface area contributed by atoms with Crippen molar-refractivity contribution in [3.63, 3.8) is 0 Å². The fourth-order valence-electron chi connectivity index (χ4n) is 6.63. The number of nitrogens with one attached hydrogen (secondary N) is 3. The van der Waals surface area contributed by atoms with Crippen LogP contribution in [-0.4, -0.2) is 97.3 Å². The van der Waals surface area contributed by atoms with Crippen LogP contribution >= 0.6 is 23.5 Å². The van der Waals surface area contributed by atoms with Gasteiger partial charge in [0.15, 0.2) is 0 Å². The van der Waals surface area contributed by atoms with E-state index in [9.17, 15) is 33.6 Å². The van der Waals surface area contributed by atoms with Gasteiger partial charge in [0.05, 0.1) is 10.5 Å². The summed E-state index contributed by atoms with van der Waals surface area (Å²) >= 11 is 3.06. The monoisotopic (exact) mass is 845 g/mol. The van der Waals surface area contributed by atoms with Gasteiger partial charge in [-0.05, 0) is 65.7 Å². The molecule has 1 aromatic rings. The second-order valence-electron chi connectivity index (χ2n) is 17.2. The Labute approximate surface area is 356 Å². The van der Waals surface area contributed by atoms with Gasteiger partial charge in [0.1, 0.15) is 12.1 Å². The lowest BCUT2D eigenvalue weighted by molar-refractivity contribution is -0.140. The minimum absolute atomic E-state index is 0.0235. The Kier molecular flexibility index (Phi) is 22.1. The normalized spacial score (nSPS) is 18.1. The number of anilines is 1. The Bertz CT molecular complexity index is 1530. The Morgan fingerprint density at radius 2 is 1.17 bits per heavy atom. The van der Waals surface area contributed by atoms with Crippen LogP contribution in [0.25, 0.3) is 0 Å². The van der Waals surface area contributed by atoms with E-state index >= 15 is 0 Å². The molecule has 2 saturated heterocycles. The van der Waals surface area contributed by atoms with E-state index in [1.807, 2.05) is 38.1 Å². The SMILES string of the molecule is CC(C)CCCCCCN1C(=O)CC(SC(C)C)C1=O.CC(C)Cc1ccc(NC(=O)[C@H](C)NC(=O)C(NC(=O)CCN2C(=O)CC(SC(C)C)C2=O)C(C)C)cc1. The van der Waals surface area contributed by atoms with Gasteiger partial charge in [-0.15, -0.1) is 23.5 Å². The Morgan fingerprint density at radius 1 is 0.655 bits per heavy atom. The van der Waals surface area contributed by atoms with E-state index < -0.39 is 29.1 Å². The molecule has 7 amide bonds. The van der Waals surface area contributed by atoms with Gasteiger partial charge in [-0.25, -0.2) is 0 Å². The van der Waals surface area contributed by atoms with Gasteiger partial charge >= 0.3 is 0 Å². The average Bonchev–Trinajstić information content (AvgIpc) is 3.54. The molecule has 2 aliphatic rings. The van der Waals surface area contributed by atoms with E-state index in [-0.39, 0.29) is 65.3 Å². The number of likely N-dealkylation sites (tertiary alicyclic amines) is 2.